The predicted octanol–water partition coefficient (Wildman–Crippen LogP) is 5.52. The minimum absolute atomic E-state index is 0.0440. The van der Waals surface area contributed by atoms with Gasteiger partial charge in [-0.1, -0.05) is 17.9 Å². The van der Waals surface area contributed by atoms with E-state index in [1.165, 1.54) is 6.07 Å². The molecule has 2 aromatic rings. The van der Waals surface area contributed by atoms with Crippen LogP contribution in [-0.2, 0) is 18.5 Å². The van der Waals surface area contributed by atoms with E-state index in [0.717, 1.165) is 18.2 Å². The van der Waals surface area contributed by atoms with Crippen molar-refractivity contribution in [1.29, 1.82) is 0 Å². The summed E-state index contributed by atoms with van der Waals surface area (Å²) in [4.78, 5) is 11.9. The first-order chi connectivity index (χ1) is 13.7. The van der Waals surface area contributed by atoms with Crippen LogP contribution in [0, 0.1) is 11.8 Å². The Hall–Kier alpha value is -3.16. The number of halogens is 9. The molecule has 0 aliphatic carbocycles. The Morgan fingerprint density at radius 3 is 1.80 bits per heavy atom. The summed E-state index contributed by atoms with van der Waals surface area (Å²) < 4.78 is 115. The standard InChI is InChI=1S/C19H10F9NO/c20-17(21,22)13-5-1-3-11(7-13)4-2-6-29-16(30)12-8-14(18(23,24)25)10-15(9-12)19(26,27)28/h1,3,5,7-10H,6H2,(H,29,30). The van der Waals surface area contributed by atoms with E-state index in [-0.39, 0.29) is 23.8 Å². The molecule has 0 fully saturated rings. The fourth-order valence-electron chi connectivity index (χ4n) is 2.23. The van der Waals surface area contributed by atoms with Gasteiger partial charge >= 0.3 is 18.5 Å². The highest BCUT2D eigenvalue weighted by atomic mass is 19.4. The molecule has 160 valence electrons. The highest BCUT2D eigenvalue weighted by Crippen LogP contribution is 2.36. The zero-order chi connectivity index (χ0) is 22.7. The summed E-state index contributed by atoms with van der Waals surface area (Å²) in [5.41, 5.74) is -5.20. The van der Waals surface area contributed by atoms with Gasteiger partial charge in [0.15, 0.2) is 0 Å². The molecule has 2 aromatic carbocycles. The monoisotopic (exact) mass is 439 g/mol. The topological polar surface area (TPSA) is 29.1 Å². The molecular weight excluding hydrogens is 429 g/mol. The van der Waals surface area contributed by atoms with E-state index < -0.39 is 53.2 Å². The van der Waals surface area contributed by atoms with Crippen LogP contribution in [0.3, 0.4) is 0 Å². The van der Waals surface area contributed by atoms with Gasteiger partial charge < -0.3 is 5.32 Å². The van der Waals surface area contributed by atoms with Crippen molar-refractivity contribution in [2.24, 2.45) is 0 Å². The molecule has 0 radical (unpaired) electrons. The van der Waals surface area contributed by atoms with Crippen LogP contribution in [-0.4, -0.2) is 12.5 Å². The fourth-order valence-corrected chi connectivity index (χ4v) is 2.23. The number of carbonyl (C=O) groups is 1. The summed E-state index contributed by atoms with van der Waals surface area (Å²) in [6, 6.07) is 4.31. The van der Waals surface area contributed by atoms with Crippen molar-refractivity contribution in [3.8, 4) is 11.8 Å². The molecule has 2 rings (SSSR count). The molecule has 0 heterocycles. The van der Waals surface area contributed by atoms with E-state index in [4.69, 9.17) is 0 Å². The first-order valence-corrected chi connectivity index (χ1v) is 7.92. The quantitative estimate of drug-likeness (QED) is 0.484. The van der Waals surface area contributed by atoms with Crippen molar-refractivity contribution in [2.45, 2.75) is 18.5 Å². The molecule has 0 aliphatic heterocycles. The zero-order valence-electron chi connectivity index (χ0n) is 14.6. The molecule has 0 bridgehead atoms. The minimum atomic E-state index is -5.11. The normalized spacial score (nSPS) is 12.2. The molecule has 0 saturated carbocycles. The molecule has 1 N–H and O–H groups in total. The Morgan fingerprint density at radius 2 is 1.30 bits per heavy atom. The molecule has 30 heavy (non-hydrogen) atoms. The first-order valence-electron chi connectivity index (χ1n) is 7.92. The lowest BCUT2D eigenvalue weighted by molar-refractivity contribution is -0.143. The van der Waals surface area contributed by atoms with Crippen LogP contribution in [0.2, 0.25) is 0 Å². The van der Waals surface area contributed by atoms with Gasteiger partial charge in [-0.3, -0.25) is 4.79 Å². The number of carbonyl (C=O) groups excluding carboxylic acids is 1. The van der Waals surface area contributed by atoms with Gasteiger partial charge in [0, 0.05) is 11.1 Å². The van der Waals surface area contributed by atoms with Crippen LogP contribution >= 0.6 is 0 Å². The number of rotatable bonds is 2. The molecule has 11 heteroatoms. The lowest BCUT2D eigenvalue weighted by Gasteiger charge is -2.13. The summed E-state index contributed by atoms with van der Waals surface area (Å²) in [5, 5.41) is 2.00. The molecular formula is C19H10F9NO. The van der Waals surface area contributed by atoms with Gasteiger partial charge in [-0.05, 0) is 36.4 Å². The van der Waals surface area contributed by atoms with Gasteiger partial charge in [0.2, 0.25) is 0 Å². The number of benzene rings is 2. The van der Waals surface area contributed by atoms with Crippen LogP contribution in [0.1, 0.15) is 32.6 Å². The maximum absolute atomic E-state index is 12.8. The average molecular weight is 439 g/mol. The van der Waals surface area contributed by atoms with E-state index in [0.29, 0.717) is 0 Å². The number of hydrogen-bond donors (Lipinski definition) is 1. The molecule has 0 spiro atoms. The lowest BCUT2D eigenvalue weighted by atomic mass is 10.0. The molecule has 0 unspecified atom stereocenters. The van der Waals surface area contributed by atoms with Gasteiger partial charge in [-0.2, -0.15) is 39.5 Å². The lowest BCUT2D eigenvalue weighted by Crippen LogP contribution is -2.25. The van der Waals surface area contributed by atoms with Crippen LogP contribution < -0.4 is 5.32 Å². The zero-order valence-corrected chi connectivity index (χ0v) is 14.6. The van der Waals surface area contributed by atoms with Gasteiger partial charge in [0.05, 0.1) is 23.2 Å². The second-order valence-electron chi connectivity index (χ2n) is 5.86. The van der Waals surface area contributed by atoms with Gasteiger partial charge in [0.25, 0.3) is 5.91 Å². The molecule has 0 atom stereocenters. The Bertz CT molecular complexity index is 960. The highest BCUT2D eigenvalue weighted by molar-refractivity contribution is 5.94. The third-order valence-electron chi connectivity index (χ3n) is 3.61. The maximum Gasteiger partial charge on any atom is 0.416 e. The van der Waals surface area contributed by atoms with Crippen molar-refractivity contribution in [3.05, 3.63) is 70.3 Å². The maximum atomic E-state index is 12.8. The first kappa shape index (κ1) is 23.1. The van der Waals surface area contributed by atoms with E-state index in [1.54, 1.807) is 0 Å². The minimum Gasteiger partial charge on any atom is -0.341 e. The fraction of sp³-hybridized carbons (Fsp3) is 0.211. The van der Waals surface area contributed by atoms with Gasteiger partial charge in [-0.25, -0.2) is 0 Å². The molecule has 2 nitrogen and oxygen atoms in total. The summed E-state index contributed by atoms with van der Waals surface area (Å²) in [5.74, 6) is 3.33. The van der Waals surface area contributed by atoms with Crippen molar-refractivity contribution in [3.63, 3.8) is 0 Å². The van der Waals surface area contributed by atoms with E-state index >= 15 is 0 Å². The second-order valence-corrected chi connectivity index (χ2v) is 5.86. The van der Waals surface area contributed by atoms with Crippen molar-refractivity contribution < 1.29 is 44.3 Å². The Kier molecular flexibility index (Phi) is 6.39. The summed E-state index contributed by atoms with van der Waals surface area (Å²) in [6.45, 7) is -0.521. The Balaban J connectivity index is 2.17. The summed E-state index contributed by atoms with van der Waals surface area (Å²) >= 11 is 0. The number of alkyl halides is 9. The molecule has 1 amide bonds. The van der Waals surface area contributed by atoms with E-state index in [2.05, 4.69) is 11.8 Å². The van der Waals surface area contributed by atoms with Crippen molar-refractivity contribution in [2.75, 3.05) is 6.54 Å². The number of nitrogens with one attached hydrogen (secondary N) is 1. The van der Waals surface area contributed by atoms with E-state index in [9.17, 15) is 44.3 Å². The summed E-state index contributed by atoms with van der Waals surface area (Å²) in [6.07, 6.45) is -14.8. The van der Waals surface area contributed by atoms with Gasteiger partial charge in [0.1, 0.15) is 0 Å². The number of amides is 1. The van der Waals surface area contributed by atoms with Gasteiger partial charge in [-0.15, -0.1) is 0 Å². The second kappa shape index (κ2) is 8.30. The summed E-state index contributed by atoms with van der Waals surface area (Å²) in [7, 11) is 0. The predicted molar refractivity (Wildman–Crippen MR) is 87.1 cm³/mol. The molecule has 0 aromatic heterocycles. The Morgan fingerprint density at radius 1 is 0.767 bits per heavy atom. The van der Waals surface area contributed by atoms with Crippen LogP contribution in [0.4, 0.5) is 39.5 Å². The smallest absolute Gasteiger partial charge is 0.341 e. The van der Waals surface area contributed by atoms with E-state index in [1.807, 2.05) is 5.32 Å². The SMILES string of the molecule is O=C(NCC#Cc1cccc(C(F)(F)F)c1)c1cc(C(F)(F)F)cc(C(F)(F)F)c1. The highest BCUT2D eigenvalue weighted by Gasteiger charge is 2.37. The average Bonchev–Trinajstić information content (AvgIpc) is 2.63. The number of hydrogen-bond acceptors (Lipinski definition) is 1. The largest absolute Gasteiger partial charge is 0.416 e. The third kappa shape index (κ3) is 6.17. The van der Waals surface area contributed by atoms with Crippen LogP contribution in [0.25, 0.3) is 0 Å². The van der Waals surface area contributed by atoms with Crippen LogP contribution in [0.5, 0.6) is 0 Å². The Labute approximate surface area is 163 Å². The van der Waals surface area contributed by atoms with Crippen molar-refractivity contribution in [1.82, 2.24) is 5.32 Å². The van der Waals surface area contributed by atoms with Crippen LogP contribution in [0.15, 0.2) is 42.5 Å². The molecule has 0 saturated heterocycles. The third-order valence-corrected chi connectivity index (χ3v) is 3.61. The van der Waals surface area contributed by atoms with Crippen molar-refractivity contribution >= 4 is 5.91 Å². The molecule has 0 aliphatic rings.